The Balaban J connectivity index is 2.27. The van der Waals surface area contributed by atoms with Crippen LogP contribution in [0.3, 0.4) is 0 Å². The molecule has 0 aliphatic carbocycles. The number of hydrogen-bond acceptors (Lipinski definition) is 3. The molecule has 84 valence electrons. The van der Waals surface area contributed by atoms with E-state index in [-0.39, 0.29) is 12.1 Å². The van der Waals surface area contributed by atoms with Crippen molar-refractivity contribution in [1.29, 1.82) is 0 Å². The molecule has 4 heteroatoms. The predicted octanol–water partition coefficient (Wildman–Crippen LogP) is 2.21. The molecule has 0 spiro atoms. The van der Waals surface area contributed by atoms with Crippen LogP contribution >= 0.6 is 0 Å². The number of rotatable bonds is 3. The Bertz CT molecular complexity index is 399. The number of carbonyl (C=O) groups excluding carboxylic acids is 1. The van der Waals surface area contributed by atoms with Crippen LogP contribution in [0.1, 0.15) is 0 Å². The van der Waals surface area contributed by atoms with Gasteiger partial charge in [0.05, 0.1) is 13.2 Å². The van der Waals surface area contributed by atoms with Crippen molar-refractivity contribution in [3.63, 3.8) is 0 Å². The number of carbonyl (C=O) groups is 1. The summed E-state index contributed by atoms with van der Waals surface area (Å²) in [7, 11) is 1.60. The molecule has 1 amide bonds. The van der Waals surface area contributed by atoms with Crippen molar-refractivity contribution >= 4 is 11.8 Å². The highest BCUT2D eigenvalue weighted by Gasteiger charge is 2.31. The number of methoxy groups -OCH3 is 1. The van der Waals surface area contributed by atoms with Crippen molar-refractivity contribution in [2.24, 2.45) is 0 Å². The molecule has 2 rings (SSSR count). The number of cyclic esters (lactones) is 1. The summed E-state index contributed by atoms with van der Waals surface area (Å²) in [4.78, 5) is 13.1. The molecule has 4 nitrogen and oxygen atoms in total. The van der Waals surface area contributed by atoms with Gasteiger partial charge in [0.1, 0.15) is 12.4 Å². The standard InChI is InChI=1S/C12H13NO3/c1-3-9-8-16-12(14)13(9)10-4-6-11(15-2)7-5-10/h3-7,9H,1,8H2,2H3/t9-/m0/s1. The Kier molecular flexibility index (Phi) is 2.81. The molecule has 1 heterocycles. The Morgan fingerprint density at radius 1 is 1.50 bits per heavy atom. The highest BCUT2D eigenvalue weighted by atomic mass is 16.6. The molecular weight excluding hydrogens is 206 g/mol. The molecule has 0 aromatic heterocycles. The van der Waals surface area contributed by atoms with Gasteiger partial charge in [-0.2, -0.15) is 0 Å². The Hall–Kier alpha value is -1.97. The first kappa shape index (κ1) is 10.5. The van der Waals surface area contributed by atoms with Crippen LogP contribution in [0.25, 0.3) is 0 Å². The molecule has 1 aromatic carbocycles. The maximum absolute atomic E-state index is 11.5. The summed E-state index contributed by atoms with van der Waals surface area (Å²) in [5, 5.41) is 0. The predicted molar refractivity (Wildman–Crippen MR) is 60.8 cm³/mol. The van der Waals surface area contributed by atoms with E-state index < -0.39 is 0 Å². The van der Waals surface area contributed by atoms with Crippen LogP contribution in [0.15, 0.2) is 36.9 Å². The van der Waals surface area contributed by atoms with E-state index in [1.165, 1.54) is 0 Å². The Morgan fingerprint density at radius 3 is 2.75 bits per heavy atom. The highest BCUT2D eigenvalue weighted by molar-refractivity contribution is 5.90. The van der Waals surface area contributed by atoms with E-state index in [9.17, 15) is 4.79 Å². The fourth-order valence-electron chi connectivity index (χ4n) is 1.65. The van der Waals surface area contributed by atoms with Crippen molar-refractivity contribution in [3.8, 4) is 5.75 Å². The van der Waals surface area contributed by atoms with Crippen molar-refractivity contribution < 1.29 is 14.3 Å². The van der Waals surface area contributed by atoms with Gasteiger partial charge in [-0.15, -0.1) is 6.58 Å². The molecule has 1 saturated heterocycles. The zero-order valence-electron chi connectivity index (χ0n) is 9.05. The largest absolute Gasteiger partial charge is 0.497 e. The van der Waals surface area contributed by atoms with Gasteiger partial charge in [0.2, 0.25) is 0 Å². The number of anilines is 1. The normalized spacial score (nSPS) is 19.4. The van der Waals surface area contributed by atoms with Gasteiger partial charge in [-0.1, -0.05) is 6.08 Å². The van der Waals surface area contributed by atoms with Gasteiger partial charge < -0.3 is 9.47 Å². The molecule has 0 unspecified atom stereocenters. The van der Waals surface area contributed by atoms with Gasteiger partial charge >= 0.3 is 6.09 Å². The highest BCUT2D eigenvalue weighted by Crippen LogP contribution is 2.25. The first-order chi connectivity index (χ1) is 7.76. The van der Waals surface area contributed by atoms with Crippen LogP contribution in [0.5, 0.6) is 5.75 Å². The number of ether oxygens (including phenoxy) is 2. The Morgan fingerprint density at radius 2 is 2.19 bits per heavy atom. The lowest BCUT2D eigenvalue weighted by molar-refractivity contribution is 0.180. The summed E-state index contributed by atoms with van der Waals surface area (Å²) in [6.07, 6.45) is 1.37. The molecule has 1 aliphatic heterocycles. The number of nitrogens with zero attached hydrogens (tertiary/aromatic N) is 1. The molecule has 1 aromatic rings. The first-order valence-corrected chi connectivity index (χ1v) is 4.99. The number of benzene rings is 1. The van der Waals surface area contributed by atoms with Crippen LogP contribution < -0.4 is 9.64 Å². The second-order valence-electron chi connectivity index (χ2n) is 3.45. The lowest BCUT2D eigenvalue weighted by Gasteiger charge is -2.18. The molecule has 1 aliphatic rings. The van der Waals surface area contributed by atoms with Crippen molar-refractivity contribution in [2.75, 3.05) is 18.6 Å². The van der Waals surface area contributed by atoms with Gasteiger partial charge in [-0.25, -0.2) is 4.79 Å². The molecule has 0 saturated carbocycles. The molecule has 1 fully saturated rings. The third-order valence-electron chi connectivity index (χ3n) is 2.53. The fourth-order valence-corrected chi connectivity index (χ4v) is 1.65. The molecule has 0 bridgehead atoms. The second kappa shape index (κ2) is 4.26. The average Bonchev–Trinajstić information content (AvgIpc) is 2.70. The SMILES string of the molecule is C=C[C@H]1COC(=O)N1c1ccc(OC)cc1. The van der Waals surface area contributed by atoms with Gasteiger partial charge in [0, 0.05) is 5.69 Å². The van der Waals surface area contributed by atoms with E-state index in [1.54, 1.807) is 30.2 Å². The summed E-state index contributed by atoms with van der Waals surface area (Å²) in [6, 6.07) is 7.16. The first-order valence-electron chi connectivity index (χ1n) is 4.99. The lowest BCUT2D eigenvalue weighted by Crippen LogP contribution is -2.31. The van der Waals surface area contributed by atoms with Gasteiger partial charge in [0.25, 0.3) is 0 Å². The van der Waals surface area contributed by atoms with Crippen molar-refractivity contribution in [3.05, 3.63) is 36.9 Å². The maximum Gasteiger partial charge on any atom is 0.415 e. The van der Waals surface area contributed by atoms with E-state index in [0.717, 1.165) is 11.4 Å². The average molecular weight is 219 g/mol. The summed E-state index contributed by atoms with van der Waals surface area (Å²) in [5.41, 5.74) is 0.785. The minimum atomic E-state index is -0.338. The summed E-state index contributed by atoms with van der Waals surface area (Å²) < 4.78 is 10.0. The topological polar surface area (TPSA) is 38.8 Å². The van der Waals surface area contributed by atoms with Gasteiger partial charge in [-0.3, -0.25) is 4.90 Å². The van der Waals surface area contributed by atoms with Crippen LogP contribution in [-0.4, -0.2) is 25.9 Å². The van der Waals surface area contributed by atoms with Gasteiger partial charge in [-0.05, 0) is 24.3 Å². The molecule has 0 radical (unpaired) electrons. The lowest BCUT2D eigenvalue weighted by atomic mass is 10.2. The van der Waals surface area contributed by atoms with Crippen LogP contribution in [0.4, 0.5) is 10.5 Å². The molecule has 0 N–H and O–H groups in total. The minimum Gasteiger partial charge on any atom is -0.497 e. The number of amides is 1. The van der Waals surface area contributed by atoms with E-state index >= 15 is 0 Å². The molecular formula is C12H13NO3. The second-order valence-corrected chi connectivity index (χ2v) is 3.45. The quantitative estimate of drug-likeness (QED) is 0.731. The number of hydrogen-bond donors (Lipinski definition) is 0. The summed E-state index contributed by atoms with van der Waals surface area (Å²) >= 11 is 0. The summed E-state index contributed by atoms with van der Waals surface area (Å²) in [5.74, 6) is 0.756. The smallest absolute Gasteiger partial charge is 0.415 e. The summed E-state index contributed by atoms with van der Waals surface area (Å²) in [6.45, 7) is 4.04. The van der Waals surface area contributed by atoms with E-state index in [2.05, 4.69) is 6.58 Å². The van der Waals surface area contributed by atoms with E-state index in [1.807, 2.05) is 12.1 Å². The third kappa shape index (κ3) is 1.74. The van der Waals surface area contributed by atoms with E-state index in [0.29, 0.717) is 6.61 Å². The zero-order chi connectivity index (χ0) is 11.5. The Labute approximate surface area is 94.1 Å². The van der Waals surface area contributed by atoms with Crippen molar-refractivity contribution in [2.45, 2.75) is 6.04 Å². The van der Waals surface area contributed by atoms with Gasteiger partial charge in [0.15, 0.2) is 0 Å². The van der Waals surface area contributed by atoms with Crippen LogP contribution in [-0.2, 0) is 4.74 Å². The molecule has 16 heavy (non-hydrogen) atoms. The van der Waals surface area contributed by atoms with E-state index in [4.69, 9.17) is 9.47 Å². The minimum absolute atomic E-state index is 0.0964. The monoisotopic (exact) mass is 219 g/mol. The maximum atomic E-state index is 11.5. The third-order valence-corrected chi connectivity index (χ3v) is 2.53. The van der Waals surface area contributed by atoms with Crippen LogP contribution in [0, 0.1) is 0 Å². The van der Waals surface area contributed by atoms with Crippen molar-refractivity contribution in [1.82, 2.24) is 0 Å². The zero-order valence-corrected chi connectivity index (χ0v) is 9.05. The molecule has 1 atom stereocenters. The van der Waals surface area contributed by atoms with Crippen LogP contribution in [0.2, 0.25) is 0 Å². The fraction of sp³-hybridized carbons (Fsp3) is 0.250.